The van der Waals surface area contributed by atoms with Crippen LogP contribution in [-0.4, -0.2) is 63.3 Å². The standard InChI is InChI=1S/C22H32NO12P/c1-5-7-33-21(29)34-8-6-22(3,4)19-14(9-13(2)10-16(19)35-36(30,31)32)11-17(24)23-15(20(27)28)12-18(25)26/h9-10,15H,5-8,11-12H2,1-4H3,(H,23,24)(H,25,26)(H,27,28)(H2,30,31,32)/t15-/m0/s1. The van der Waals surface area contributed by atoms with Gasteiger partial charge in [0.1, 0.15) is 11.8 Å². The number of aryl methyl sites for hydroxylation is 1. The summed E-state index contributed by atoms with van der Waals surface area (Å²) >= 11 is 0. The molecule has 0 heterocycles. The molecule has 13 nitrogen and oxygen atoms in total. The summed E-state index contributed by atoms with van der Waals surface area (Å²) in [6.07, 6.45) is -1.42. The van der Waals surface area contributed by atoms with E-state index in [-0.39, 0.29) is 36.5 Å². The molecule has 14 heteroatoms. The summed E-state index contributed by atoms with van der Waals surface area (Å²) in [6, 6.07) is 1.26. The van der Waals surface area contributed by atoms with Crippen LogP contribution in [0.4, 0.5) is 4.79 Å². The third-order valence-electron chi connectivity index (χ3n) is 4.96. The van der Waals surface area contributed by atoms with E-state index in [1.807, 2.05) is 6.92 Å². The summed E-state index contributed by atoms with van der Waals surface area (Å²) in [7, 11) is -5.01. The minimum Gasteiger partial charge on any atom is -0.481 e. The quantitative estimate of drug-likeness (QED) is 0.172. The van der Waals surface area contributed by atoms with Crippen molar-refractivity contribution in [1.82, 2.24) is 5.32 Å². The number of ether oxygens (including phenoxy) is 2. The molecule has 0 spiro atoms. The largest absolute Gasteiger partial charge is 0.524 e. The first-order chi connectivity index (χ1) is 16.6. The van der Waals surface area contributed by atoms with Crippen molar-refractivity contribution in [3.05, 3.63) is 28.8 Å². The average Bonchev–Trinajstić information content (AvgIpc) is 2.69. The highest BCUT2D eigenvalue weighted by molar-refractivity contribution is 7.46. The van der Waals surface area contributed by atoms with Gasteiger partial charge in [-0.2, -0.15) is 0 Å². The van der Waals surface area contributed by atoms with Crippen LogP contribution in [0.5, 0.6) is 5.75 Å². The first kappa shape index (κ1) is 30.9. The fourth-order valence-corrected chi connectivity index (χ4v) is 3.87. The van der Waals surface area contributed by atoms with Crippen LogP contribution in [0.15, 0.2) is 12.1 Å². The summed E-state index contributed by atoms with van der Waals surface area (Å²) in [4.78, 5) is 65.4. The lowest BCUT2D eigenvalue weighted by Crippen LogP contribution is -2.43. The SMILES string of the molecule is CCCOC(=O)OCCC(C)(C)c1c(CC(=O)N[C@@H](CC(=O)O)C(=O)O)cc(C)cc1OP(=O)(O)O. The van der Waals surface area contributed by atoms with Crippen molar-refractivity contribution >= 4 is 31.8 Å². The van der Waals surface area contributed by atoms with Crippen LogP contribution in [0.2, 0.25) is 0 Å². The fraction of sp³-hybridized carbons (Fsp3) is 0.545. The molecule has 0 aromatic heterocycles. The van der Waals surface area contributed by atoms with E-state index in [2.05, 4.69) is 5.32 Å². The van der Waals surface area contributed by atoms with Crippen LogP contribution in [0.25, 0.3) is 0 Å². The molecule has 1 atom stereocenters. The number of carboxylic acid groups (broad SMARTS) is 2. The Hall–Kier alpha value is -3.15. The molecule has 0 aliphatic carbocycles. The number of nitrogens with one attached hydrogen (secondary N) is 1. The minimum atomic E-state index is -5.01. The number of phosphoric acid groups is 1. The van der Waals surface area contributed by atoms with Gasteiger partial charge >= 0.3 is 25.9 Å². The maximum Gasteiger partial charge on any atom is 0.524 e. The van der Waals surface area contributed by atoms with Crippen molar-refractivity contribution in [3.63, 3.8) is 0 Å². The van der Waals surface area contributed by atoms with E-state index < -0.39 is 56.1 Å². The molecule has 1 amide bonds. The third-order valence-corrected chi connectivity index (χ3v) is 5.39. The molecule has 36 heavy (non-hydrogen) atoms. The zero-order valence-electron chi connectivity index (χ0n) is 20.5. The first-order valence-electron chi connectivity index (χ1n) is 11.0. The number of carboxylic acids is 2. The molecule has 1 aromatic carbocycles. The van der Waals surface area contributed by atoms with Gasteiger partial charge in [0.15, 0.2) is 0 Å². The predicted octanol–water partition coefficient (Wildman–Crippen LogP) is 2.28. The van der Waals surface area contributed by atoms with Gasteiger partial charge in [-0.3, -0.25) is 19.4 Å². The van der Waals surface area contributed by atoms with Gasteiger partial charge in [0.05, 0.1) is 26.1 Å². The predicted molar refractivity (Wildman–Crippen MR) is 125 cm³/mol. The molecule has 0 radical (unpaired) electrons. The number of carbonyl (C=O) groups excluding carboxylic acids is 2. The second-order valence-corrected chi connectivity index (χ2v) is 9.86. The van der Waals surface area contributed by atoms with Gasteiger partial charge in [-0.15, -0.1) is 0 Å². The maximum atomic E-state index is 12.7. The summed E-state index contributed by atoms with van der Waals surface area (Å²) < 4.78 is 26.4. The second-order valence-electron chi connectivity index (χ2n) is 8.69. The Bertz CT molecular complexity index is 1020. The zero-order valence-corrected chi connectivity index (χ0v) is 21.4. The van der Waals surface area contributed by atoms with Gasteiger partial charge in [-0.05, 0) is 42.4 Å². The van der Waals surface area contributed by atoms with E-state index >= 15 is 0 Å². The molecule has 0 unspecified atom stereocenters. The summed E-state index contributed by atoms with van der Waals surface area (Å²) in [5.74, 6) is -3.99. The van der Waals surface area contributed by atoms with Crippen LogP contribution in [0.1, 0.15) is 56.7 Å². The van der Waals surface area contributed by atoms with E-state index in [9.17, 15) is 38.6 Å². The highest BCUT2D eigenvalue weighted by atomic mass is 31.2. The highest BCUT2D eigenvalue weighted by Gasteiger charge is 2.32. The molecule has 0 aliphatic heterocycles. The molecule has 0 fully saturated rings. The van der Waals surface area contributed by atoms with Crippen LogP contribution >= 0.6 is 7.82 Å². The third kappa shape index (κ3) is 10.6. The second kappa shape index (κ2) is 13.2. The van der Waals surface area contributed by atoms with E-state index in [0.29, 0.717) is 12.0 Å². The van der Waals surface area contributed by atoms with Gasteiger partial charge in [0.2, 0.25) is 5.91 Å². The number of benzene rings is 1. The topological polar surface area (TPSA) is 206 Å². The van der Waals surface area contributed by atoms with Gasteiger partial charge in [0.25, 0.3) is 0 Å². The Morgan fingerprint density at radius 3 is 2.22 bits per heavy atom. The Balaban J connectivity index is 3.32. The van der Waals surface area contributed by atoms with E-state index in [1.54, 1.807) is 26.8 Å². The molecule has 0 saturated heterocycles. The molecule has 1 rings (SSSR count). The van der Waals surface area contributed by atoms with Crippen LogP contribution in [-0.2, 0) is 40.3 Å². The number of aliphatic carboxylic acids is 2. The molecule has 1 aromatic rings. The average molecular weight is 533 g/mol. The smallest absolute Gasteiger partial charge is 0.481 e. The number of phosphoric ester groups is 1. The number of amides is 1. The number of hydrogen-bond acceptors (Lipinski definition) is 8. The molecule has 0 saturated carbocycles. The van der Waals surface area contributed by atoms with Gasteiger partial charge in [-0.25, -0.2) is 14.2 Å². The van der Waals surface area contributed by atoms with Gasteiger partial charge in [-0.1, -0.05) is 26.8 Å². The van der Waals surface area contributed by atoms with Crippen molar-refractivity contribution in [1.29, 1.82) is 0 Å². The van der Waals surface area contributed by atoms with Gasteiger partial charge < -0.3 is 29.5 Å². The Kier molecular flexibility index (Phi) is 11.4. The zero-order chi connectivity index (χ0) is 27.7. The molecule has 0 bridgehead atoms. The minimum absolute atomic E-state index is 0.121. The van der Waals surface area contributed by atoms with Gasteiger partial charge in [0, 0.05) is 5.56 Å². The summed E-state index contributed by atoms with van der Waals surface area (Å²) in [6.45, 7) is 6.83. The van der Waals surface area contributed by atoms with Crippen molar-refractivity contribution < 1.29 is 57.7 Å². The lowest BCUT2D eigenvalue weighted by Gasteiger charge is -2.30. The van der Waals surface area contributed by atoms with E-state index in [0.717, 1.165) is 0 Å². The Morgan fingerprint density at radius 2 is 1.69 bits per heavy atom. The molecule has 0 aliphatic rings. The van der Waals surface area contributed by atoms with Crippen molar-refractivity contribution in [3.8, 4) is 5.75 Å². The van der Waals surface area contributed by atoms with Crippen LogP contribution in [0, 0.1) is 6.92 Å². The van der Waals surface area contributed by atoms with Crippen molar-refractivity contribution in [2.24, 2.45) is 0 Å². The highest BCUT2D eigenvalue weighted by Crippen LogP contribution is 2.45. The lowest BCUT2D eigenvalue weighted by molar-refractivity contribution is -0.147. The molecule has 202 valence electrons. The van der Waals surface area contributed by atoms with Crippen LogP contribution < -0.4 is 9.84 Å². The Labute approximate surface area is 208 Å². The number of carbonyl (C=O) groups is 4. The van der Waals surface area contributed by atoms with Crippen molar-refractivity contribution in [2.75, 3.05) is 13.2 Å². The Morgan fingerprint density at radius 1 is 1.08 bits per heavy atom. The molecule has 5 N–H and O–H groups in total. The van der Waals surface area contributed by atoms with Crippen LogP contribution in [0.3, 0.4) is 0 Å². The number of rotatable bonds is 14. The fourth-order valence-electron chi connectivity index (χ4n) is 3.47. The monoisotopic (exact) mass is 533 g/mol. The normalized spacial score (nSPS) is 12.4. The number of hydrogen-bond donors (Lipinski definition) is 5. The summed E-state index contributed by atoms with van der Waals surface area (Å²) in [5.41, 5.74) is 0.00301. The van der Waals surface area contributed by atoms with E-state index in [1.165, 1.54) is 6.07 Å². The molecular weight excluding hydrogens is 501 g/mol. The lowest BCUT2D eigenvalue weighted by atomic mass is 9.77. The summed E-state index contributed by atoms with van der Waals surface area (Å²) in [5, 5.41) is 20.2. The van der Waals surface area contributed by atoms with Crippen molar-refractivity contribution in [2.45, 2.75) is 64.8 Å². The first-order valence-corrected chi connectivity index (χ1v) is 12.5. The maximum absolute atomic E-state index is 12.7. The molecular formula is C22H32NO12P. The van der Waals surface area contributed by atoms with E-state index in [4.69, 9.17) is 19.1 Å².